The smallest absolute Gasteiger partial charge is 0.313 e. The number of likely N-dealkylation sites (N-methyl/N-ethyl adjacent to an activating group) is 1. The van der Waals surface area contributed by atoms with E-state index >= 15 is 0 Å². The van der Waals surface area contributed by atoms with E-state index in [0.29, 0.717) is 5.69 Å². The zero-order valence-electron chi connectivity index (χ0n) is 11.5. The summed E-state index contributed by atoms with van der Waals surface area (Å²) in [5, 5.41) is 5.45. The molecular formula is C14H14F4N2S. The lowest BCUT2D eigenvalue weighted by atomic mass is 9.96. The van der Waals surface area contributed by atoms with Crippen molar-refractivity contribution in [2.75, 3.05) is 7.05 Å². The number of alkyl halides is 3. The van der Waals surface area contributed by atoms with Gasteiger partial charge in [0.05, 0.1) is 16.3 Å². The molecule has 1 N–H and O–H groups in total. The van der Waals surface area contributed by atoms with Crippen LogP contribution in [0.4, 0.5) is 17.6 Å². The summed E-state index contributed by atoms with van der Waals surface area (Å²) in [6, 6.07) is 1.88. The Morgan fingerprint density at radius 3 is 2.57 bits per heavy atom. The zero-order chi connectivity index (χ0) is 15.6. The molecule has 0 saturated carbocycles. The highest BCUT2D eigenvalue weighted by Gasteiger charge is 2.35. The highest BCUT2D eigenvalue weighted by Crippen LogP contribution is 2.35. The minimum Gasteiger partial charge on any atom is -0.313 e. The first-order valence-corrected chi connectivity index (χ1v) is 7.14. The predicted molar refractivity (Wildman–Crippen MR) is 73.8 cm³/mol. The van der Waals surface area contributed by atoms with Crippen molar-refractivity contribution < 1.29 is 17.6 Å². The van der Waals surface area contributed by atoms with E-state index in [1.807, 2.05) is 6.92 Å². The maximum absolute atomic E-state index is 13.4. The quantitative estimate of drug-likeness (QED) is 0.858. The van der Waals surface area contributed by atoms with Gasteiger partial charge in [-0.25, -0.2) is 9.37 Å². The van der Waals surface area contributed by atoms with Crippen LogP contribution in [-0.2, 0) is 12.6 Å². The molecule has 1 aromatic carbocycles. The summed E-state index contributed by atoms with van der Waals surface area (Å²) in [5.41, 5.74) is -0.236. The van der Waals surface area contributed by atoms with Crippen LogP contribution in [0.25, 0.3) is 0 Å². The second kappa shape index (κ2) is 6.11. The van der Waals surface area contributed by atoms with Gasteiger partial charge in [-0.3, -0.25) is 0 Å². The maximum atomic E-state index is 13.4. The van der Waals surface area contributed by atoms with E-state index < -0.39 is 23.6 Å². The third-order valence-corrected chi connectivity index (χ3v) is 3.95. The molecule has 0 bridgehead atoms. The lowest BCUT2D eigenvalue weighted by Crippen LogP contribution is -2.23. The van der Waals surface area contributed by atoms with Gasteiger partial charge in [0.15, 0.2) is 0 Å². The van der Waals surface area contributed by atoms with E-state index in [-0.39, 0.29) is 12.0 Å². The summed E-state index contributed by atoms with van der Waals surface area (Å²) >= 11 is 1.43. The normalized spacial score (nSPS) is 13.4. The van der Waals surface area contributed by atoms with Gasteiger partial charge >= 0.3 is 6.18 Å². The van der Waals surface area contributed by atoms with Gasteiger partial charge in [0, 0.05) is 17.8 Å². The first-order valence-electron chi connectivity index (χ1n) is 6.26. The Kier molecular flexibility index (Phi) is 4.63. The predicted octanol–water partition coefficient (Wildman–Crippen LogP) is 4.11. The van der Waals surface area contributed by atoms with Crippen LogP contribution in [0.1, 0.15) is 27.9 Å². The molecule has 0 aliphatic heterocycles. The number of rotatable bonds is 4. The molecule has 0 fully saturated rings. The van der Waals surface area contributed by atoms with Crippen molar-refractivity contribution in [2.24, 2.45) is 0 Å². The van der Waals surface area contributed by atoms with Gasteiger partial charge in [0.2, 0.25) is 0 Å². The molecule has 1 aromatic heterocycles. The van der Waals surface area contributed by atoms with Gasteiger partial charge in [0.25, 0.3) is 0 Å². The number of thiazole rings is 1. The number of aromatic nitrogens is 1. The number of hydrogen-bond donors (Lipinski definition) is 1. The van der Waals surface area contributed by atoms with Crippen molar-refractivity contribution in [1.29, 1.82) is 0 Å². The maximum Gasteiger partial charge on any atom is 0.416 e. The van der Waals surface area contributed by atoms with Gasteiger partial charge in [-0.2, -0.15) is 13.2 Å². The van der Waals surface area contributed by atoms with Crippen molar-refractivity contribution in [2.45, 2.75) is 25.6 Å². The average Bonchev–Trinajstić information content (AvgIpc) is 2.80. The van der Waals surface area contributed by atoms with Gasteiger partial charge in [-0.05, 0) is 37.7 Å². The molecule has 0 radical (unpaired) electrons. The van der Waals surface area contributed by atoms with E-state index in [1.54, 1.807) is 12.4 Å². The molecule has 0 spiro atoms. The van der Waals surface area contributed by atoms with Gasteiger partial charge < -0.3 is 5.32 Å². The Hall–Kier alpha value is -1.47. The van der Waals surface area contributed by atoms with Crippen molar-refractivity contribution >= 4 is 11.3 Å². The topological polar surface area (TPSA) is 24.9 Å². The standard InChI is InChI=1S/C14H14F4N2S/c1-8-20-10(7-21-8)6-13(19-2)11-5-9(15)3-4-12(11)14(16,17)18/h3-5,7,13,19H,6H2,1-2H3. The molecular weight excluding hydrogens is 304 g/mol. The molecule has 2 aromatic rings. The van der Waals surface area contributed by atoms with Gasteiger partial charge in [-0.1, -0.05) is 0 Å². The molecule has 2 rings (SSSR count). The van der Waals surface area contributed by atoms with Crippen LogP contribution in [0.5, 0.6) is 0 Å². The highest BCUT2D eigenvalue weighted by atomic mass is 32.1. The van der Waals surface area contributed by atoms with Crippen molar-refractivity contribution in [3.63, 3.8) is 0 Å². The Bertz CT molecular complexity index is 622. The van der Waals surface area contributed by atoms with Crippen LogP contribution in [0.2, 0.25) is 0 Å². The fourth-order valence-electron chi connectivity index (χ4n) is 2.16. The second-order valence-corrected chi connectivity index (χ2v) is 5.69. The summed E-state index contributed by atoms with van der Waals surface area (Å²) in [4.78, 5) is 4.24. The monoisotopic (exact) mass is 318 g/mol. The average molecular weight is 318 g/mol. The first-order chi connectivity index (χ1) is 9.81. The van der Waals surface area contributed by atoms with Crippen LogP contribution >= 0.6 is 11.3 Å². The molecule has 0 amide bonds. The van der Waals surface area contributed by atoms with Crippen molar-refractivity contribution in [3.05, 3.63) is 51.2 Å². The third-order valence-electron chi connectivity index (χ3n) is 3.12. The minimum atomic E-state index is -4.52. The molecule has 21 heavy (non-hydrogen) atoms. The molecule has 1 unspecified atom stereocenters. The summed E-state index contributed by atoms with van der Waals surface area (Å²) in [5.74, 6) is -0.687. The Balaban J connectivity index is 2.39. The number of hydrogen-bond acceptors (Lipinski definition) is 3. The Labute approximate surface area is 123 Å². The molecule has 0 aliphatic carbocycles. The minimum absolute atomic E-state index is 0.101. The van der Waals surface area contributed by atoms with Crippen LogP contribution in [0, 0.1) is 12.7 Å². The number of nitrogens with one attached hydrogen (secondary N) is 1. The van der Waals surface area contributed by atoms with Gasteiger partial charge in [0.1, 0.15) is 5.82 Å². The molecule has 0 aliphatic rings. The Morgan fingerprint density at radius 1 is 1.33 bits per heavy atom. The van der Waals surface area contributed by atoms with Crippen LogP contribution in [-0.4, -0.2) is 12.0 Å². The van der Waals surface area contributed by atoms with Crippen molar-refractivity contribution in [3.8, 4) is 0 Å². The lowest BCUT2D eigenvalue weighted by Gasteiger charge is -2.21. The third kappa shape index (κ3) is 3.79. The largest absolute Gasteiger partial charge is 0.416 e. The number of halogens is 4. The number of nitrogens with zero attached hydrogens (tertiary/aromatic N) is 1. The molecule has 7 heteroatoms. The summed E-state index contributed by atoms with van der Waals surface area (Å²) in [6.45, 7) is 1.83. The first kappa shape index (κ1) is 15.9. The van der Waals surface area contributed by atoms with E-state index in [0.717, 1.165) is 23.2 Å². The van der Waals surface area contributed by atoms with E-state index in [1.165, 1.54) is 11.3 Å². The van der Waals surface area contributed by atoms with Crippen molar-refractivity contribution in [1.82, 2.24) is 10.3 Å². The summed E-state index contributed by atoms with van der Waals surface area (Å²) in [7, 11) is 1.55. The summed E-state index contributed by atoms with van der Waals surface area (Å²) in [6.07, 6.45) is -4.25. The number of aryl methyl sites for hydroxylation is 1. The van der Waals surface area contributed by atoms with E-state index in [9.17, 15) is 17.6 Å². The van der Waals surface area contributed by atoms with Crippen LogP contribution in [0.15, 0.2) is 23.6 Å². The SMILES string of the molecule is CNC(Cc1csc(C)n1)c1cc(F)ccc1C(F)(F)F. The zero-order valence-corrected chi connectivity index (χ0v) is 12.3. The van der Waals surface area contributed by atoms with E-state index in [2.05, 4.69) is 10.3 Å². The Morgan fingerprint density at radius 2 is 2.05 bits per heavy atom. The molecule has 1 atom stereocenters. The van der Waals surface area contributed by atoms with Crippen LogP contribution in [0.3, 0.4) is 0 Å². The van der Waals surface area contributed by atoms with Gasteiger partial charge in [-0.15, -0.1) is 11.3 Å². The summed E-state index contributed by atoms with van der Waals surface area (Å²) < 4.78 is 52.5. The lowest BCUT2D eigenvalue weighted by molar-refractivity contribution is -0.138. The second-order valence-electron chi connectivity index (χ2n) is 4.63. The fraction of sp³-hybridized carbons (Fsp3) is 0.357. The highest BCUT2D eigenvalue weighted by molar-refractivity contribution is 7.09. The molecule has 1 heterocycles. The van der Waals surface area contributed by atoms with Crippen LogP contribution < -0.4 is 5.32 Å². The fourth-order valence-corrected chi connectivity index (χ4v) is 2.78. The van der Waals surface area contributed by atoms with E-state index in [4.69, 9.17) is 0 Å². The molecule has 0 saturated heterocycles. The molecule has 114 valence electrons. The molecule has 2 nitrogen and oxygen atoms in total. The number of benzene rings is 1.